The Balaban J connectivity index is 2.07. The number of morpholine rings is 1. The quantitative estimate of drug-likeness (QED) is 0.747. The molecule has 2 aliphatic rings. The Kier molecular flexibility index (Phi) is 4.59. The van der Waals surface area contributed by atoms with Gasteiger partial charge in [0.15, 0.2) is 0 Å². The fourth-order valence-electron chi connectivity index (χ4n) is 3.45. The van der Waals surface area contributed by atoms with Crippen molar-refractivity contribution in [2.75, 3.05) is 32.8 Å². The third-order valence-corrected chi connectivity index (χ3v) is 4.48. The predicted octanol–water partition coefficient (Wildman–Crippen LogP) is 0.0948. The van der Waals surface area contributed by atoms with Crippen LogP contribution in [0.2, 0.25) is 0 Å². The lowest BCUT2D eigenvalue weighted by Crippen LogP contribution is -2.62. The van der Waals surface area contributed by atoms with Gasteiger partial charge in [0.05, 0.1) is 19.8 Å². The molecular weight excluding hydrogens is 230 g/mol. The molecule has 0 spiro atoms. The summed E-state index contributed by atoms with van der Waals surface area (Å²) in [6, 6.07) is 0.161. The van der Waals surface area contributed by atoms with Gasteiger partial charge in [-0.1, -0.05) is 12.8 Å². The van der Waals surface area contributed by atoms with Crippen molar-refractivity contribution in [3.05, 3.63) is 0 Å². The van der Waals surface area contributed by atoms with Crippen LogP contribution >= 0.6 is 0 Å². The van der Waals surface area contributed by atoms with E-state index in [-0.39, 0.29) is 24.0 Å². The molecule has 3 N–H and O–H groups in total. The van der Waals surface area contributed by atoms with Gasteiger partial charge in [0.25, 0.3) is 0 Å². The normalized spacial score (nSPS) is 25.9. The SMILES string of the molecule is CC(NC(=O)CN)C1(N2CCOCC2)CCCC1. The van der Waals surface area contributed by atoms with E-state index in [2.05, 4.69) is 17.1 Å². The fourth-order valence-corrected chi connectivity index (χ4v) is 3.45. The highest BCUT2D eigenvalue weighted by atomic mass is 16.5. The number of hydrogen-bond donors (Lipinski definition) is 2. The number of amides is 1. The smallest absolute Gasteiger partial charge is 0.234 e. The molecule has 5 nitrogen and oxygen atoms in total. The van der Waals surface area contributed by atoms with Crippen LogP contribution in [-0.4, -0.2) is 55.2 Å². The maximum atomic E-state index is 11.5. The molecule has 1 heterocycles. The van der Waals surface area contributed by atoms with Gasteiger partial charge in [-0.25, -0.2) is 0 Å². The van der Waals surface area contributed by atoms with E-state index in [9.17, 15) is 4.79 Å². The Morgan fingerprint density at radius 1 is 1.39 bits per heavy atom. The second-order valence-electron chi connectivity index (χ2n) is 5.40. The lowest BCUT2D eigenvalue weighted by atomic mass is 9.86. The van der Waals surface area contributed by atoms with Crippen molar-refractivity contribution in [1.82, 2.24) is 10.2 Å². The van der Waals surface area contributed by atoms with Crippen molar-refractivity contribution in [3.63, 3.8) is 0 Å². The lowest BCUT2D eigenvalue weighted by molar-refractivity contribution is -0.122. The first-order valence-electron chi connectivity index (χ1n) is 7.01. The molecule has 0 bridgehead atoms. The summed E-state index contributed by atoms with van der Waals surface area (Å²) in [5.74, 6) is -0.0537. The molecule has 0 aromatic carbocycles. The Morgan fingerprint density at radius 2 is 2.00 bits per heavy atom. The number of carbonyl (C=O) groups is 1. The third-order valence-electron chi connectivity index (χ3n) is 4.48. The summed E-state index contributed by atoms with van der Waals surface area (Å²) < 4.78 is 5.44. The number of nitrogens with one attached hydrogen (secondary N) is 1. The van der Waals surface area contributed by atoms with E-state index in [0.29, 0.717) is 0 Å². The first kappa shape index (κ1) is 13.8. The van der Waals surface area contributed by atoms with Gasteiger partial charge in [0.2, 0.25) is 5.91 Å². The molecule has 1 saturated carbocycles. The summed E-state index contributed by atoms with van der Waals surface area (Å²) in [5.41, 5.74) is 5.51. The van der Waals surface area contributed by atoms with E-state index < -0.39 is 0 Å². The molecule has 2 rings (SSSR count). The number of carbonyl (C=O) groups excluding carboxylic acids is 1. The van der Waals surface area contributed by atoms with Crippen molar-refractivity contribution in [2.24, 2.45) is 5.73 Å². The number of ether oxygens (including phenoxy) is 1. The molecule has 104 valence electrons. The van der Waals surface area contributed by atoms with Crippen LogP contribution in [0.15, 0.2) is 0 Å². The number of hydrogen-bond acceptors (Lipinski definition) is 4. The molecule has 18 heavy (non-hydrogen) atoms. The van der Waals surface area contributed by atoms with Crippen LogP contribution in [0.3, 0.4) is 0 Å². The number of nitrogens with two attached hydrogens (primary N) is 1. The molecule has 1 atom stereocenters. The van der Waals surface area contributed by atoms with Crippen molar-refractivity contribution in [2.45, 2.75) is 44.2 Å². The predicted molar refractivity (Wildman–Crippen MR) is 70.3 cm³/mol. The largest absolute Gasteiger partial charge is 0.379 e. The molecule has 0 aromatic heterocycles. The molecule has 1 amide bonds. The lowest BCUT2D eigenvalue weighted by Gasteiger charge is -2.47. The second-order valence-corrected chi connectivity index (χ2v) is 5.40. The minimum atomic E-state index is -0.0537. The Bertz CT molecular complexity index is 284. The summed E-state index contributed by atoms with van der Waals surface area (Å²) in [6.07, 6.45) is 4.83. The topological polar surface area (TPSA) is 67.6 Å². The molecule has 0 aromatic rings. The molecule has 1 aliphatic carbocycles. The maximum absolute atomic E-state index is 11.5. The monoisotopic (exact) mass is 255 g/mol. The van der Waals surface area contributed by atoms with Gasteiger partial charge >= 0.3 is 0 Å². The van der Waals surface area contributed by atoms with Gasteiger partial charge in [-0.2, -0.15) is 0 Å². The van der Waals surface area contributed by atoms with Gasteiger partial charge in [-0.15, -0.1) is 0 Å². The van der Waals surface area contributed by atoms with Crippen molar-refractivity contribution < 1.29 is 9.53 Å². The maximum Gasteiger partial charge on any atom is 0.234 e. The highest BCUT2D eigenvalue weighted by Crippen LogP contribution is 2.38. The van der Waals surface area contributed by atoms with Crippen LogP contribution in [0, 0.1) is 0 Å². The molecule has 1 unspecified atom stereocenters. The summed E-state index contributed by atoms with van der Waals surface area (Å²) in [5, 5.41) is 3.06. The minimum absolute atomic E-state index is 0.0537. The molecule has 5 heteroatoms. The standard InChI is InChI=1S/C13H25N3O2/c1-11(15-12(17)10-14)13(4-2-3-5-13)16-6-8-18-9-7-16/h11H,2-10,14H2,1H3,(H,15,17). The Labute approximate surface area is 109 Å². The summed E-state index contributed by atoms with van der Waals surface area (Å²) in [4.78, 5) is 14.0. The van der Waals surface area contributed by atoms with Crippen LogP contribution in [0.4, 0.5) is 0 Å². The highest BCUT2D eigenvalue weighted by molar-refractivity contribution is 5.78. The van der Waals surface area contributed by atoms with Gasteiger partial charge in [0, 0.05) is 24.7 Å². The first-order valence-corrected chi connectivity index (χ1v) is 7.01. The zero-order chi connectivity index (χ0) is 13.0. The van der Waals surface area contributed by atoms with Crippen molar-refractivity contribution in [1.29, 1.82) is 0 Å². The molecule has 1 saturated heterocycles. The number of nitrogens with zero attached hydrogens (tertiary/aromatic N) is 1. The number of rotatable bonds is 4. The summed E-state index contributed by atoms with van der Waals surface area (Å²) >= 11 is 0. The average molecular weight is 255 g/mol. The first-order chi connectivity index (χ1) is 8.69. The average Bonchev–Trinajstić information content (AvgIpc) is 2.90. The highest BCUT2D eigenvalue weighted by Gasteiger charge is 2.44. The molecule has 2 fully saturated rings. The fraction of sp³-hybridized carbons (Fsp3) is 0.923. The van der Waals surface area contributed by atoms with Crippen LogP contribution < -0.4 is 11.1 Å². The zero-order valence-electron chi connectivity index (χ0n) is 11.3. The van der Waals surface area contributed by atoms with Gasteiger partial charge < -0.3 is 15.8 Å². The van der Waals surface area contributed by atoms with E-state index in [1.807, 2.05) is 0 Å². The third kappa shape index (κ3) is 2.68. The zero-order valence-corrected chi connectivity index (χ0v) is 11.3. The summed E-state index contributed by atoms with van der Waals surface area (Å²) in [6.45, 7) is 5.75. The second kappa shape index (κ2) is 5.99. The molecular formula is C13H25N3O2. The Morgan fingerprint density at radius 3 is 2.56 bits per heavy atom. The van der Waals surface area contributed by atoms with Crippen LogP contribution in [0.1, 0.15) is 32.6 Å². The van der Waals surface area contributed by atoms with Crippen molar-refractivity contribution in [3.8, 4) is 0 Å². The van der Waals surface area contributed by atoms with Crippen LogP contribution in [-0.2, 0) is 9.53 Å². The van der Waals surface area contributed by atoms with E-state index in [1.54, 1.807) is 0 Å². The van der Waals surface area contributed by atoms with E-state index in [4.69, 9.17) is 10.5 Å². The minimum Gasteiger partial charge on any atom is -0.379 e. The van der Waals surface area contributed by atoms with Crippen molar-refractivity contribution >= 4 is 5.91 Å². The molecule has 0 radical (unpaired) electrons. The summed E-state index contributed by atoms with van der Waals surface area (Å²) in [7, 11) is 0. The van der Waals surface area contributed by atoms with Gasteiger partial charge in [-0.05, 0) is 19.8 Å². The van der Waals surface area contributed by atoms with E-state index in [0.717, 1.165) is 26.3 Å². The van der Waals surface area contributed by atoms with Crippen LogP contribution in [0.5, 0.6) is 0 Å². The van der Waals surface area contributed by atoms with Crippen LogP contribution in [0.25, 0.3) is 0 Å². The van der Waals surface area contributed by atoms with E-state index in [1.165, 1.54) is 25.7 Å². The van der Waals surface area contributed by atoms with Gasteiger partial charge in [-0.3, -0.25) is 9.69 Å². The molecule has 1 aliphatic heterocycles. The van der Waals surface area contributed by atoms with E-state index >= 15 is 0 Å². The Hall–Kier alpha value is -0.650. The van der Waals surface area contributed by atoms with Gasteiger partial charge in [0.1, 0.15) is 0 Å².